The molecule has 0 fully saturated rings. The Labute approximate surface area is 180 Å². The van der Waals surface area contributed by atoms with Crippen LogP contribution in [-0.4, -0.2) is 48.6 Å². The summed E-state index contributed by atoms with van der Waals surface area (Å²) in [5, 5.41) is 10.9. The number of rotatable bonds is 7. The Morgan fingerprint density at radius 1 is 1.23 bits per heavy atom. The number of fused-ring (bicyclic) bond motifs is 1. The van der Waals surface area contributed by atoms with Gasteiger partial charge in [0.25, 0.3) is 0 Å². The number of nitrogens with zero attached hydrogens (tertiary/aromatic N) is 1. The van der Waals surface area contributed by atoms with Crippen molar-refractivity contribution in [2.45, 2.75) is 71.6 Å². The Balaban J connectivity index is 2.42. The van der Waals surface area contributed by atoms with Crippen LogP contribution in [0.3, 0.4) is 0 Å². The van der Waals surface area contributed by atoms with E-state index in [9.17, 15) is 9.90 Å². The minimum atomic E-state index is -0.721. The molecule has 1 aliphatic rings. The summed E-state index contributed by atoms with van der Waals surface area (Å²) in [6.07, 6.45) is 0.664. The first kappa shape index (κ1) is 24.1. The van der Waals surface area contributed by atoms with Gasteiger partial charge >= 0.3 is 6.09 Å². The first-order chi connectivity index (χ1) is 14.0. The van der Waals surface area contributed by atoms with Crippen LogP contribution in [0, 0.1) is 5.92 Å². The molecular weight excluding hydrogens is 382 g/mol. The van der Waals surface area contributed by atoms with Gasteiger partial charge in [0.15, 0.2) is 11.5 Å². The van der Waals surface area contributed by atoms with E-state index in [1.807, 2.05) is 32.9 Å². The maximum atomic E-state index is 13.0. The van der Waals surface area contributed by atoms with Gasteiger partial charge in [0.1, 0.15) is 5.60 Å². The maximum Gasteiger partial charge on any atom is 0.410 e. The molecule has 6 heteroatoms. The van der Waals surface area contributed by atoms with Crippen molar-refractivity contribution in [3.63, 3.8) is 0 Å². The van der Waals surface area contributed by atoms with E-state index in [-0.39, 0.29) is 12.1 Å². The molecule has 168 valence electrons. The number of benzene rings is 1. The summed E-state index contributed by atoms with van der Waals surface area (Å²) >= 11 is 0. The fourth-order valence-corrected chi connectivity index (χ4v) is 3.86. The van der Waals surface area contributed by atoms with E-state index < -0.39 is 11.7 Å². The Morgan fingerprint density at radius 3 is 2.37 bits per heavy atom. The van der Waals surface area contributed by atoms with Gasteiger partial charge in [0, 0.05) is 13.0 Å². The second kappa shape index (κ2) is 9.73. The molecule has 30 heavy (non-hydrogen) atoms. The van der Waals surface area contributed by atoms with Crippen LogP contribution in [-0.2, 0) is 11.2 Å². The number of carbonyl (C=O) groups excluding carboxylic acids is 1. The molecule has 1 N–H and O–H groups in total. The maximum absolute atomic E-state index is 13.0. The minimum absolute atomic E-state index is 0.345. The molecule has 0 spiro atoms. The molecule has 6 nitrogen and oxygen atoms in total. The number of aliphatic hydroxyl groups is 1. The van der Waals surface area contributed by atoms with Crippen LogP contribution >= 0.6 is 0 Å². The van der Waals surface area contributed by atoms with E-state index in [0.717, 1.165) is 23.1 Å². The number of carbonyl (C=O) groups is 1. The average molecular weight is 420 g/mol. The Morgan fingerprint density at radius 2 is 1.83 bits per heavy atom. The van der Waals surface area contributed by atoms with Gasteiger partial charge in [0.05, 0.1) is 26.4 Å². The number of methoxy groups -OCH3 is 2. The summed E-state index contributed by atoms with van der Waals surface area (Å²) in [4.78, 5) is 14.7. The zero-order valence-corrected chi connectivity index (χ0v) is 19.4. The highest BCUT2D eigenvalue weighted by molar-refractivity contribution is 5.70. The van der Waals surface area contributed by atoms with E-state index in [1.54, 1.807) is 19.1 Å². The van der Waals surface area contributed by atoms with Crippen molar-refractivity contribution in [2.75, 3.05) is 20.8 Å². The van der Waals surface area contributed by atoms with Crippen molar-refractivity contribution in [1.29, 1.82) is 0 Å². The highest BCUT2D eigenvalue weighted by atomic mass is 16.6. The van der Waals surface area contributed by atoms with Crippen LogP contribution < -0.4 is 9.47 Å². The van der Waals surface area contributed by atoms with Gasteiger partial charge in [-0.2, -0.15) is 0 Å². The smallest absolute Gasteiger partial charge is 0.410 e. The van der Waals surface area contributed by atoms with E-state index in [0.29, 0.717) is 36.8 Å². The molecular formula is C24H37NO5. The summed E-state index contributed by atoms with van der Waals surface area (Å²) in [6, 6.07) is 3.53. The fraction of sp³-hybridized carbons (Fsp3) is 0.625. The predicted molar refractivity (Wildman–Crippen MR) is 118 cm³/mol. The van der Waals surface area contributed by atoms with Gasteiger partial charge in [-0.1, -0.05) is 20.4 Å². The van der Waals surface area contributed by atoms with Crippen molar-refractivity contribution in [1.82, 2.24) is 4.90 Å². The van der Waals surface area contributed by atoms with E-state index >= 15 is 0 Å². The molecule has 1 aromatic rings. The summed E-state index contributed by atoms with van der Waals surface area (Å²) in [5.74, 6) is 1.66. The molecule has 0 saturated carbocycles. The number of ether oxygens (including phenoxy) is 3. The van der Waals surface area contributed by atoms with Gasteiger partial charge in [0.2, 0.25) is 0 Å². The fourth-order valence-electron chi connectivity index (χ4n) is 3.86. The van der Waals surface area contributed by atoms with Crippen LogP contribution in [0.25, 0.3) is 0 Å². The minimum Gasteiger partial charge on any atom is -0.493 e. The van der Waals surface area contributed by atoms with Crippen LogP contribution in [0.15, 0.2) is 24.3 Å². The molecule has 0 unspecified atom stereocenters. The van der Waals surface area contributed by atoms with Crippen molar-refractivity contribution < 1.29 is 24.1 Å². The second-order valence-electron chi connectivity index (χ2n) is 9.35. The predicted octanol–water partition coefficient (Wildman–Crippen LogP) is 4.89. The molecule has 0 aromatic heterocycles. The molecule has 0 saturated heterocycles. The zero-order valence-electron chi connectivity index (χ0n) is 19.4. The van der Waals surface area contributed by atoms with E-state index in [2.05, 4.69) is 20.4 Å². The number of hydrogen-bond donors (Lipinski definition) is 1. The van der Waals surface area contributed by atoms with Crippen molar-refractivity contribution in [3.05, 3.63) is 35.4 Å². The van der Waals surface area contributed by atoms with Crippen LogP contribution in [0.2, 0.25) is 0 Å². The monoisotopic (exact) mass is 419 g/mol. The Bertz CT molecular complexity index is 766. The number of amides is 1. The molecule has 0 aliphatic carbocycles. The highest BCUT2D eigenvalue weighted by Gasteiger charge is 2.36. The summed E-state index contributed by atoms with van der Waals surface area (Å²) in [7, 11) is 3.20. The third-order valence-electron chi connectivity index (χ3n) is 5.22. The lowest BCUT2D eigenvalue weighted by atomic mass is 9.86. The molecule has 1 amide bonds. The second-order valence-corrected chi connectivity index (χ2v) is 9.35. The van der Waals surface area contributed by atoms with Crippen molar-refractivity contribution >= 4 is 6.09 Å². The first-order valence-corrected chi connectivity index (χ1v) is 10.6. The molecule has 1 heterocycles. The summed E-state index contributed by atoms with van der Waals surface area (Å²) < 4.78 is 16.6. The largest absolute Gasteiger partial charge is 0.493 e. The van der Waals surface area contributed by atoms with Crippen molar-refractivity contribution in [2.24, 2.45) is 5.92 Å². The van der Waals surface area contributed by atoms with Crippen molar-refractivity contribution in [3.8, 4) is 11.5 Å². The van der Waals surface area contributed by atoms with Gasteiger partial charge in [-0.15, -0.1) is 0 Å². The molecule has 1 aliphatic heterocycles. The van der Waals surface area contributed by atoms with E-state index in [1.165, 1.54) is 0 Å². The lowest BCUT2D eigenvalue weighted by Gasteiger charge is -2.39. The zero-order chi connectivity index (χ0) is 22.6. The molecule has 2 rings (SSSR count). The lowest BCUT2D eigenvalue weighted by molar-refractivity contribution is 0.00895. The lowest BCUT2D eigenvalue weighted by Crippen LogP contribution is -2.44. The third-order valence-corrected chi connectivity index (χ3v) is 5.22. The third kappa shape index (κ3) is 5.91. The van der Waals surface area contributed by atoms with Gasteiger partial charge < -0.3 is 24.2 Å². The standard InChI is InChI=1S/C24H37NO5/c1-15(2)11-16(3)20(26)14-19-18-13-22(29-8)21(28-7)12-17(18)9-10-25(19)23(27)30-24(4,5)6/h12-13,15,19-20,26H,3,9-11,14H2,1-2,4-8H3/t19-,20-/m0/s1. The van der Waals surface area contributed by atoms with Gasteiger partial charge in [-0.3, -0.25) is 0 Å². The van der Waals surface area contributed by atoms with Crippen LogP contribution in [0.5, 0.6) is 11.5 Å². The highest BCUT2D eigenvalue weighted by Crippen LogP contribution is 2.41. The number of hydrogen-bond acceptors (Lipinski definition) is 5. The van der Waals surface area contributed by atoms with Gasteiger partial charge in [-0.05, 0) is 68.4 Å². The van der Waals surface area contributed by atoms with Crippen LogP contribution in [0.4, 0.5) is 4.79 Å². The quantitative estimate of drug-likeness (QED) is 0.637. The van der Waals surface area contributed by atoms with Crippen LogP contribution in [0.1, 0.15) is 64.6 Å². The van der Waals surface area contributed by atoms with Gasteiger partial charge in [-0.25, -0.2) is 4.79 Å². The number of aliphatic hydroxyl groups excluding tert-OH is 1. The van der Waals surface area contributed by atoms with E-state index in [4.69, 9.17) is 14.2 Å². The SMILES string of the molecule is C=C(CC(C)C)[C@@H](O)C[C@H]1c2cc(OC)c(OC)cc2CCN1C(=O)OC(C)(C)C. The average Bonchev–Trinajstić information content (AvgIpc) is 2.64. The molecule has 1 aromatic carbocycles. The molecule has 0 bridgehead atoms. The summed E-state index contributed by atoms with van der Waals surface area (Å²) in [6.45, 7) is 14.3. The molecule has 2 atom stereocenters. The Kier molecular flexibility index (Phi) is 7.81. The molecule has 0 radical (unpaired) electrons. The Hall–Kier alpha value is -2.21. The first-order valence-electron chi connectivity index (χ1n) is 10.6. The topological polar surface area (TPSA) is 68.2 Å². The summed E-state index contributed by atoms with van der Waals surface area (Å²) in [5.41, 5.74) is 2.21. The normalized spacial score (nSPS) is 17.4.